The zero-order valence-electron chi connectivity index (χ0n) is 15.1. The van der Waals surface area contributed by atoms with Gasteiger partial charge in [0.05, 0.1) is 5.56 Å². The highest BCUT2D eigenvalue weighted by atomic mass is 16.3. The fourth-order valence-corrected chi connectivity index (χ4v) is 3.17. The van der Waals surface area contributed by atoms with Gasteiger partial charge in [-0.1, -0.05) is 33.8 Å². The first-order valence-corrected chi connectivity index (χ1v) is 8.51. The molecule has 4 nitrogen and oxygen atoms in total. The summed E-state index contributed by atoms with van der Waals surface area (Å²) in [4.78, 5) is 15.2. The van der Waals surface area contributed by atoms with Gasteiger partial charge in [-0.2, -0.15) is 0 Å². The molecule has 1 aromatic rings. The molecule has 0 spiro atoms. The number of carbonyl (C=O) groups excluding carboxylic acids is 1. The smallest absolute Gasteiger partial charge is 0.170 e. The first-order valence-electron chi connectivity index (χ1n) is 8.51. The van der Waals surface area contributed by atoms with E-state index in [1.807, 2.05) is 26.0 Å². The minimum Gasteiger partial charge on any atom is -0.507 e. The highest BCUT2D eigenvalue weighted by Crippen LogP contribution is 2.35. The second kappa shape index (κ2) is 7.02. The molecule has 0 saturated carbocycles. The van der Waals surface area contributed by atoms with Gasteiger partial charge in [-0.3, -0.25) is 4.79 Å². The highest BCUT2D eigenvalue weighted by Gasteiger charge is 2.26. The molecule has 0 radical (unpaired) electrons. The van der Waals surface area contributed by atoms with Crippen LogP contribution in [-0.4, -0.2) is 48.5 Å². The summed E-state index contributed by atoms with van der Waals surface area (Å²) >= 11 is 0. The molecule has 1 aromatic carbocycles. The minimum absolute atomic E-state index is 0.0373. The lowest BCUT2D eigenvalue weighted by molar-refractivity contribution is 0.0884. The van der Waals surface area contributed by atoms with Crippen LogP contribution in [0.15, 0.2) is 12.1 Å². The average molecular weight is 318 g/mol. The Hall–Kier alpha value is -1.39. The van der Waals surface area contributed by atoms with Crippen molar-refractivity contribution >= 4 is 5.78 Å². The second-order valence-corrected chi connectivity index (χ2v) is 7.77. The summed E-state index contributed by atoms with van der Waals surface area (Å²) in [6.07, 6.45) is 0. The SMILES string of the molecule is Cc1cc(C(=O)C(C)CN2CCNCC2)c(O)c(C(C)(C)C)c1. The number of nitrogens with zero attached hydrogens (tertiary/aromatic N) is 1. The van der Waals surface area contributed by atoms with Crippen LogP contribution < -0.4 is 5.32 Å². The number of phenolic OH excluding ortho intramolecular Hbond substituents is 1. The van der Waals surface area contributed by atoms with Crippen LogP contribution >= 0.6 is 0 Å². The molecular weight excluding hydrogens is 288 g/mol. The molecule has 1 heterocycles. The number of phenols is 1. The Kier molecular flexibility index (Phi) is 5.48. The van der Waals surface area contributed by atoms with Gasteiger partial charge in [0.15, 0.2) is 5.78 Å². The molecule has 1 aliphatic heterocycles. The molecule has 1 aliphatic rings. The van der Waals surface area contributed by atoms with Crippen molar-refractivity contribution in [3.05, 3.63) is 28.8 Å². The Labute approximate surface area is 139 Å². The van der Waals surface area contributed by atoms with E-state index in [-0.39, 0.29) is 22.9 Å². The molecule has 1 fully saturated rings. The third kappa shape index (κ3) is 4.33. The summed E-state index contributed by atoms with van der Waals surface area (Å²) in [5.74, 6) is 0.0733. The molecule has 0 bridgehead atoms. The predicted molar refractivity (Wildman–Crippen MR) is 94.3 cm³/mol. The van der Waals surface area contributed by atoms with Gasteiger partial charge in [0.1, 0.15) is 5.75 Å². The standard InChI is InChI=1S/C19H30N2O2/c1-13-10-15(18(23)16(11-13)19(3,4)5)17(22)14(2)12-21-8-6-20-7-9-21/h10-11,14,20,23H,6-9,12H2,1-5H3. The van der Waals surface area contributed by atoms with Crippen molar-refractivity contribution in [2.24, 2.45) is 5.92 Å². The van der Waals surface area contributed by atoms with Crippen molar-refractivity contribution in [2.75, 3.05) is 32.7 Å². The zero-order chi connectivity index (χ0) is 17.2. The van der Waals surface area contributed by atoms with Crippen LogP contribution in [0.3, 0.4) is 0 Å². The Balaban J connectivity index is 2.22. The molecule has 23 heavy (non-hydrogen) atoms. The van der Waals surface area contributed by atoms with E-state index in [4.69, 9.17) is 0 Å². The van der Waals surface area contributed by atoms with Crippen LogP contribution in [0.2, 0.25) is 0 Å². The second-order valence-electron chi connectivity index (χ2n) is 7.77. The summed E-state index contributed by atoms with van der Waals surface area (Å²) in [6.45, 7) is 14.8. The molecule has 1 atom stereocenters. The van der Waals surface area contributed by atoms with Crippen LogP contribution in [0.4, 0.5) is 0 Å². The van der Waals surface area contributed by atoms with Crippen LogP contribution in [0.5, 0.6) is 5.75 Å². The van der Waals surface area contributed by atoms with Crippen molar-refractivity contribution in [1.29, 1.82) is 0 Å². The molecule has 2 rings (SSSR count). The third-order valence-electron chi connectivity index (χ3n) is 4.52. The van der Waals surface area contributed by atoms with E-state index < -0.39 is 0 Å². The van der Waals surface area contributed by atoms with Crippen molar-refractivity contribution < 1.29 is 9.90 Å². The number of aromatic hydroxyl groups is 1. The number of Topliss-reactive ketones (excluding diaryl/α,β-unsaturated/α-hetero) is 1. The molecular formula is C19H30N2O2. The lowest BCUT2D eigenvalue weighted by atomic mass is 9.82. The number of hydrogen-bond acceptors (Lipinski definition) is 4. The van der Waals surface area contributed by atoms with E-state index in [2.05, 4.69) is 31.0 Å². The van der Waals surface area contributed by atoms with Crippen LogP contribution in [-0.2, 0) is 5.41 Å². The van der Waals surface area contributed by atoms with E-state index in [0.717, 1.165) is 43.9 Å². The van der Waals surface area contributed by atoms with Crippen molar-refractivity contribution in [3.8, 4) is 5.75 Å². The third-order valence-corrected chi connectivity index (χ3v) is 4.52. The Morgan fingerprint density at radius 3 is 2.48 bits per heavy atom. The maximum absolute atomic E-state index is 12.9. The molecule has 2 N–H and O–H groups in total. The number of aryl methyl sites for hydroxylation is 1. The fourth-order valence-electron chi connectivity index (χ4n) is 3.17. The van der Waals surface area contributed by atoms with Crippen molar-refractivity contribution in [2.45, 2.75) is 40.0 Å². The van der Waals surface area contributed by atoms with Gasteiger partial charge in [-0.05, 0) is 24.0 Å². The molecule has 128 valence electrons. The van der Waals surface area contributed by atoms with E-state index in [1.165, 1.54) is 0 Å². The first-order chi connectivity index (χ1) is 10.7. The summed E-state index contributed by atoms with van der Waals surface area (Å²) in [5, 5.41) is 14.0. The summed E-state index contributed by atoms with van der Waals surface area (Å²) in [7, 11) is 0. The fraction of sp³-hybridized carbons (Fsp3) is 0.632. The predicted octanol–water partition coefficient (Wildman–Crippen LogP) is 2.72. The van der Waals surface area contributed by atoms with Gasteiger partial charge >= 0.3 is 0 Å². The molecule has 0 amide bonds. The quantitative estimate of drug-likeness (QED) is 0.838. The van der Waals surface area contributed by atoms with Gasteiger partial charge in [-0.15, -0.1) is 0 Å². The van der Waals surface area contributed by atoms with E-state index in [1.54, 1.807) is 0 Å². The number of hydrogen-bond donors (Lipinski definition) is 2. The van der Waals surface area contributed by atoms with E-state index >= 15 is 0 Å². The topological polar surface area (TPSA) is 52.6 Å². The molecule has 0 aromatic heterocycles. The number of nitrogens with one attached hydrogen (secondary N) is 1. The molecule has 1 unspecified atom stereocenters. The monoisotopic (exact) mass is 318 g/mol. The number of piperazine rings is 1. The lowest BCUT2D eigenvalue weighted by Gasteiger charge is -2.29. The van der Waals surface area contributed by atoms with Gasteiger partial charge in [0.25, 0.3) is 0 Å². The normalized spacial score (nSPS) is 18.0. The highest BCUT2D eigenvalue weighted by molar-refractivity contribution is 6.00. The molecule has 1 saturated heterocycles. The molecule has 0 aliphatic carbocycles. The lowest BCUT2D eigenvalue weighted by Crippen LogP contribution is -2.45. The van der Waals surface area contributed by atoms with Gasteiger partial charge in [0, 0.05) is 44.2 Å². The average Bonchev–Trinajstić information content (AvgIpc) is 2.48. The van der Waals surface area contributed by atoms with Crippen molar-refractivity contribution in [3.63, 3.8) is 0 Å². The largest absolute Gasteiger partial charge is 0.507 e. The number of benzene rings is 1. The van der Waals surface area contributed by atoms with Gasteiger partial charge < -0.3 is 15.3 Å². The number of carbonyl (C=O) groups is 1. The van der Waals surface area contributed by atoms with Crippen LogP contribution in [0.25, 0.3) is 0 Å². The van der Waals surface area contributed by atoms with Crippen molar-refractivity contribution in [1.82, 2.24) is 10.2 Å². The Bertz CT molecular complexity index is 569. The van der Waals surface area contributed by atoms with Crippen LogP contribution in [0.1, 0.15) is 49.2 Å². The van der Waals surface area contributed by atoms with E-state index in [9.17, 15) is 9.90 Å². The maximum atomic E-state index is 12.9. The van der Waals surface area contributed by atoms with Gasteiger partial charge in [0.2, 0.25) is 0 Å². The zero-order valence-corrected chi connectivity index (χ0v) is 15.1. The summed E-state index contributed by atoms with van der Waals surface area (Å²) in [6, 6.07) is 3.80. The Morgan fingerprint density at radius 2 is 1.91 bits per heavy atom. The number of ketones is 1. The summed E-state index contributed by atoms with van der Waals surface area (Å²) < 4.78 is 0. The van der Waals surface area contributed by atoms with Crippen LogP contribution in [0, 0.1) is 12.8 Å². The maximum Gasteiger partial charge on any atom is 0.170 e. The minimum atomic E-state index is -0.188. The Morgan fingerprint density at radius 1 is 1.30 bits per heavy atom. The molecule has 4 heteroatoms. The number of rotatable bonds is 4. The van der Waals surface area contributed by atoms with E-state index in [0.29, 0.717) is 5.56 Å². The first kappa shape index (κ1) is 18.0. The summed E-state index contributed by atoms with van der Waals surface area (Å²) in [5.41, 5.74) is 2.14. The van der Waals surface area contributed by atoms with Gasteiger partial charge in [-0.25, -0.2) is 0 Å².